The zero-order valence-corrected chi connectivity index (χ0v) is 16.3. The quantitative estimate of drug-likeness (QED) is 0.537. The van der Waals surface area contributed by atoms with Crippen molar-refractivity contribution in [1.29, 1.82) is 0 Å². The lowest BCUT2D eigenvalue weighted by atomic mass is 10.1. The molecule has 2 aromatic heterocycles. The maximum Gasteiger partial charge on any atom is 0.257 e. The molecular weight excluding hydrogens is 369 g/mol. The van der Waals surface area contributed by atoms with Crippen LogP contribution in [0.25, 0.3) is 27.9 Å². The molecule has 4 rings (SSSR count). The molecule has 3 N–H and O–H groups in total. The summed E-state index contributed by atoms with van der Waals surface area (Å²) in [6, 6.07) is 13.3. The van der Waals surface area contributed by atoms with Crippen molar-refractivity contribution in [3.63, 3.8) is 0 Å². The molecule has 4 aromatic rings. The second-order valence-electron chi connectivity index (χ2n) is 7.40. The van der Waals surface area contributed by atoms with Gasteiger partial charge >= 0.3 is 0 Å². The van der Waals surface area contributed by atoms with Crippen molar-refractivity contribution in [2.45, 2.75) is 20.3 Å². The Hall–Kier alpha value is -3.48. The number of anilines is 1. The van der Waals surface area contributed by atoms with Gasteiger partial charge in [0.2, 0.25) is 0 Å². The standard InChI is InChI=1S/C22H22FN5O/c1-13(2)11-12-25-22(29)18-19-21(27-17-6-4-3-5-16(17)26-19)28(20(18)24)15-9-7-14(23)8-10-15/h3-10,13H,11-12,24H2,1-2H3,(H,25,29). The summed E-state index contributed by atoms with van der Waals surface area (Å²) in [6.45, 7) is 4.73. The topological polar surface area (TPSA) is 85.8 Å². The van der Waals surface area contributed by atoms with Crippen molar-refractivity contribution in [2.24, 2.45) is 5.92 Å². The predicted molar refractivity (Wildman–Crippen MR) is 113 cm³/mol. The zero-order valence-electron chi connectivity index (χ0n) is 16.3. The van der Waals surface area contributed by atoms with E-state index >= 15 is 0 Å². The van der Waals surface area contributed by atoms with Gasteiger partial charge in [0.25, 0.3) is 5.91 Å². The molecule has 29 heavy (non-hydrogen) atoms. The van der Waals surface area contributed by atoms with E-state index in [4.69, 9.17) is 10.7 Å². The van der Waals surface area contributed by atoms with Crippen molar-refractivity contribution in [3.8, 4) is 5.69 Å². The molecule has 0 saturated heterocycles. The summed E-state index contributed by atoms with van der Waals surface area (Å²) in [5.74, 6) is 0.0477. The van der Waals surface area contributed by atoms with Crippen LogP contribution >= 0.6 is 0 Å². The first-order chi connectivity index (χ1) is 14.0. The SMILES string of the molecule is CC(C)CCNC(=O)c1c(N)n(-c2ccc(F)cc2)c2nc3ccccc3nc12. The van der Waals surface area contributed by atoms with Crippen molar-refractivity contribution in [2.75, 3.05) is 12.3 Å². The van der Waals surface area contributed by atoms with Gasteiger partial charge in [-0.05, 0) is 48.7 Å². The molecule has 1 amide bonds. The molecule has 0 saturated carbocycles. The number of fused-ring (bicyclic) bond motifs is 2. The van der Waals surface area contributed by atoms with Crippen molar-refractivity contribution < 1.29 is 9.18 Å². The fourth-order valence-corrected chi connectivity index (χ4v) is 3.30. The number of nitrogens with zero attached hydrogens (tertiary/aromatic N) is 3. The second-order valence-corrected chi connectivity index (χ2v) is 7.40. The van der Waals surface area contributed by atoms with E-state index < -0.39 is 0 Å². The Kier molecular flexibility index (Phi) is 4.88. The lowest BCUT2D eigenvalue weighted by Gasteiger charge is -2.09. The van der Waals surface area contributed by atoms with Gasteiger partial charge in [-0.1, -0.05) is 26.0 Å². The first kappa shape index (κ1) is 18.9. The molecule has 0 aliphatic carbocycles. The third kappa shape index (κ3) is 3.51. The molecule has 2 heterocycles. The minimum Gasteiger partial charge on any atom is -0.384 e. The summed E-state index contributed by atoms with van der Waals surface area (Å²) in [7, 11) is 0. The Morgan fingerprint density at radius 3 is 2.41 bits per heavy atom. The first-order valence-corrected chi connectivity index (χ1v) is 9.56. The highest BCUT2D eigenvalue weighted by atomic mass is 19.1. The number of nitrogens with two attached hydrogens (primary N) is 1. The Balaban J connectivity index is 1.92. The van der Waals surface area contributed by atoms with Crippen LogP contribution in [0, 0.1) is 11.7 Å². The number of para-hydroxylation sites is 2. The molecule has 0 bridgehead atoms. The number of hydrogen-bond acceptors (Lipinski definition) is 4. The number of benzene rings is 2. The summed E-state index contributed by atoms with van der Waals surface area (Å²) in [4.78, 5) is 22.3. The second kappa shape index (κ2) is 7.50. The predicted octanol–water partition coefficient (Wildman–Crippen LogP) is 4.07. The van der Waals surface area contributed by atoms with Crippen LogP contribution < -0.4 is 11.1 Å². The maximum atomic E-state index is 13.4. The summed E-state index contributed by atoms with van der Waals surface area (Å²) in [5.41, 5.74) is 9.55. The molecule has 0 radical (unpaired) electrons. The van der Waals surface area contributed by atoms with Gasteiger partial charge in [0, 0.05) is 12.2 Å². The summed E-state index contributed by atoms with van der Waals surface area (Å²) in [5, 5.41) is 2.93. The average Bonchev–Trinajstić information content (AvgIpc) is 2.97. The van der Waals surface area contributed by atoms with Crippen LogP contribution in [0.1, 0.15) is 30.6 Å². The smallest absolute Gasteiger partial charge is 0.257 e. The van der Waals surface area contributed by atoms with E-state index in [0.29, 0.717) is 40.3 Å². The van der Waals surface area contributed by atoms with Crippen LogP contribution in [-0.2, 0) is 0 Å². The molecule has 0 aliphatic rings. The molecule has 148 valence electrons. The van der Waals surface area contributed by atoms with Crippen LogP contribution in [0.3, 0.4) is 0 Å². The van der Waals surface area contributed by atoms with Gasteiger partial charge in [0.15, 0.2) is 5.65 Å². The number of halogens is 1. The van der Waals surface area contributed by atoms with Crippen LogP contribution in [0.2, 0.25) is 0 Å². The van der Waals surface area contributed by atoms with E-state index in [2.05, 4.69) is 24.1 Å². The molecule has 7 heteroatoms. The van der Waals surface area contributed by atoms with Crippen LogP contribution in [0.4, 0.5) is 10.2 Å². The van der Waals surface area contributed by atoms with Crippen molar-refractivity contribution in [3.05, 3.63) is 59.9 Å². The van der Waals surface area contributed by atoms with Gasteiger partial charge in [0.05, 0.1) is 11.0 Å². The third-order valence-electron chi connectivity index (χ3n) is 4.82. The number of aromatic nitrogens is 3. The van der Waals surface area contributed by atoms with Gasteiger partial charge in [-0.25, -0.2) is 14.4 Å². The molecule has 0 unspecified atom stereocenters. The molecule has 0 spiro atoms. The normalized spacial score (nSPS) is 11.4. The monoisotopic (exact) mass is 391 g/mol. The van der Waals surface area contributed by atoms with E-state index in [0.717, 1.165) is 6.42 Å². The summed E-state index contributed by atoms with van der Waals surface area (Å²) in [6.07, 6.45) is 0.858. The number of carbonyl (C=O) groups excluding carboxylic acids is 1. The zero-order chi connectivity index (χ0) is 20.5. The largest absolute Gasteiger partial charge is 0.384 e. The fourth-order valence-electron chi connectivity index (χ4n) is 3.30. The van der Waals surface area contributed by atoms with Crippen molar-refractivity contribution >= 4 is 33.9 Å². The van der Waals surface area contributed by atoms with E-state index in [1.165, 1.54) is 12.1 Å². The van der Waals surface area contributed by atoms with Crippen LogP contribution in [0.5, 0.6) is 0 Å². The van der Waals surface area contributed by atoms with Crippen LogP contribution in [-0.4, -0.2) is 27.0 Å². The molecule has 2 aromatic carbocycles. The van der Waals surface area contributed by atoms with Gasteiger partial charge in [-0.2, -0.15) is 0 Å². The average molecular weight is 391 g/mol. The molecular formula is C22H22FN5O. The van der Waals surface area contributed by atoms with E-state index in [9.17, 15) is 9.18 Å². The van der Waals surface area contributed by atoms with E-state index in [1.54, 1.807) is 16.7 Å². The van der Waals surface area contributed by atoms with Gasteiger partial charge in [-0.15, -0.1) is 0 Å². The Bertz CT molecular complexity index is 1200. The Morgan fingerprint density at radius 1 is 1.10 bits per heavy atom. The number of nitrogen functional groups attached to an aromatic ring is 1. The van der Waals surface area contributed by atoms with Gasteiger partial charge < -0.3 is 11.1 Å². The summed E-state index contributed by atoms with van der Waals surface area (Å²) >= 11 is 0. The third-order valence-corrected chi connectivity index (χ3v) is 4.82. The highest BCUT2D eigenvalue weighted by molar-refractivity contribution is 6.11. The van der Waals surface area contributed by atoms with E-state index in [1.807, 2.05) is 24.3 Å². The number of amides is 1. The van der Waals surface area contributed by atoms with Crippen molar-refractivity contribution in [1.82, 2.24) is 19.9 Å². The fraction of sp³-hybridized carbons (Fsp3) is 0.227. The molecule has 0 aliphatic heterocycles. The van der Waals surface area contributed by atoms with Gasteiger partial charge in [0.1, 0.15) is 22.7 Å². The molecule has 0 atom stereocenters. The first-order valence-electron chi connectivity index (χ1n) is 9.56. The molecule has 6 nitrogen and oxygen atoms in total. The van der Waals surface area contributed by atoms with Crippen LogP contribution in [0.15, 0.2) is 48.5 Å². The number of nitrogens with one attached hydrogen (secondary N) is 1. The highest BCUT2D eigenvalue weighted by Crippen LogP contribution is 2.31. The minimum absolute atomic E-state index is 0.226. The Labute approximate surface area is 167 Å². The Morgan fingerprint density at radius 2 is 1.76 bits per heavy atom. The highest BCUT2D eigenvalue weighted by Gasteiger charge is 2.24. The summed E-state index contributed by atoms with van der Waals surface area (Å²) < 4.78 is 15.1. The molecule has 0 fully saturated rings. The number of rotatable bonds is 5. The lowest BCUT2D eigenvalue weighted by Crippen LogP contribution is -2.26. The van der Waals surface area contributed by atoms with E-state index in [-0.39, 0.29) is 23.1 Å². The number of hydrogen-bond donors (Lipinski definition) is 2. The minimum atomic E-state index is -0.355. The number of carbonyl (C=O) groups is 1. The van der Waals surface area contributed by atoms with Gasteiger partial charge in [-0.3, -0.25) is 9.36 Å². The maximum absolute atomic E-state index is 13.4. The lowest BCUT2D eigenvalue weighted by molar-refractivity contribution is 0.0954.